The molecular formula is C33H32F7N3O3S. The summed E-state index contributed by atoms with van der Waals surface area (Å²) in [5.74, 6) is -1.83. The molecule has 0 bridgehead atoms. The van der Waals surface area contributed by atoms with Gasteiger partial charge in [-0.05, 0) is 87.6 Å². The van der Waals surface area contributed by atoms with Crippen LogP contribution in [0, 0.1) is 30.0 Å². The molecule has 0 atom stereocenters. The van der Waals surface area contributed by atoms with E-state index in [2.05, 4.69) is 11.4 Å². The first kappa shape index (κ1) is 35.7. The molecule has 0 aliphatic carbocycles. The number of nitrogens with zero attached hydrogens (tertiary/aromatic N) is 2. The first-order valence-corrected chi connectivity index (χ1v) is 15.5. The monoisotopic (exact) mass is 683 g/mol. The van der Waals surface area contributed by atoms with Crippen molar-refractivity contribution >= 4 is 33.8 Å². The lowest BCUT2D eigenvalue weighted by atomic mass is 9.79. The lowest BCUT2D eigenvalue weighted by molar-refractivity contribution is -0.148. The number of carbonyl (C=O) groups is 2. The first-order chi connectivity index (χ1) is 21.9. The Hall–Kier alpha value is -4.12. The van der Waals surface area contributed by atoms with Gasteiger partial charge in [0.25, 0.3) is 0 Å². The smallest absolute Gasteiger partial charge is 0.416 e. The first-order valence-electron chi connectivity index (χ1n) is 14.7. The summed E-state index contributed by atoms with van der Waals surface area (Å²) in [4.78, 5) is 28.3. The number of halogens is 7. The number of piperidine rings is 1. The molecule has 1 fully saturated rings. The van der Waals surface area contributed by atoms with E-state index in [0.29, 0.717) is 59.1 Å². The number of esters is 1. The summed E-state index contributed by atoms with van der Waals surface area (Å²) >= 11 is 1.22. The maximum absolute atomic E-state index is 14.0. The lowest BCUT2D eigenvalue weighted by Gasteiger charge is -2.31. The highest BCUT2D eigenvalue weighted by Gasteiger charge is 2.40. The number of anilines is 2. The Balaban J connectivity index is 1.71. The molecule has 14 heteroatoms. The largest absolute Gasteiger partial charge is 0.466 e. The van der Waals surface area contributed by atoms with Gasteiger partial charge in [0.15, 0.2) is 5.78 Å². The number of aryl methyl sites for hydroxylation is 1. The fourth-order valence-electron chi connectivity index (χ4n) is 5.43. The average molecular weight is 684 g/mol. The summed E-state index contributed by atoms with van der Waals surface area (Å²) in [6.07, 6.45) is -9.23. The number of nitriles is 1. The maximum Gasteiger partial charge on any atom is 0.416 e. The van der Waals surface area contributed by atoms with Crippen LogP contribution in [0.25, 0.3) is 10.4 Å². The molecule has 1 aromatic heterocycles. The van der Waals surface area contributed by atoms with Crippen LogP contribution in [0.5, 0.6) is 0 Å². The standard InChI is InChI=1S/C33H32F7N3O3S/c1-5-46-30(45)19-8-10-43(11-9-19)29-25(16-41)27(28(47-29)24-7-6-23(34)12-18(24)2)42-17-26(44)31(3,4)20-13-21(32(35,36)37)15-22(14-20)33(38,39)40/h6-7,12-15,19,42H,5,8-11,17H2,1-4H3. The number of thiophene rings is 1. The fourth-order valence-corrected chi connectivity index (χ4v) is 6.80. The van der Waals surface area contributed by atoms with E-state index in [4.69, 9.17) is 4.74 Å². The molecule has 0 unspecified atom stereocenters. The number of nitrogens with one attached hydrogen (secondary N) is 1. The van der Waals surface area contributed by atoms with Gasteiger partial charge in [-0.25, -0.2) is 4.39 Å². The zero-order valence-electron chi connectivity index (χ0n) is 26.0. The number of hydrogen-bond acceptors (Lipinski definition) is 7. The Kier molecular flexibility index (Phi) is 10.3. The van der Waals surface area contributed by atoms with Crippen molar-refractivity contribution in [1.82, 2.24) is 0 Å². The quantitative estimate of drug-likeness (QED) is 0.180. The lowest BCUT2D eigenvalue weighted by Crippen LogP contribution is -2.37. The third kappa shape index (κ3) is 7.72. The topological polar surface area (TPSA) is 82.4 Å². The summed E-state index contributed by atoms with van der Waals surface area (Å²) in [5.41, 5.74) is -3.88. The van der Waals surface area contributed by atoms with E-state index in [1.54, 1.807) is 13.8 Å². The third-order valence-electron chi connectivity index (χ3n) is 8.27. The summed E-state index contributed by atoms with van der Waals surface area (Å²) < 4.78 is 100. The van der Waals surface area contributed by atoms with Crippen LogP contribution in [-0.4, -0.2) is 38.0 Å². The van der Waals surface area contributed by atoms with Gasteiger partial charge in [0.2, 0.25) is 0 Å². The van der Waals surface area contributed by atoms with Crippen LogP contribution in [-0.2, 0) is 32.1 Å². The predicted octanol–water partition coefficient (Wildman–Crippen LogP) is 8.51. The summed E-state index contributed by atoms with van der Waals surface area (Å²) in [6, 6.07) is 7.28. The van der Waals surface area contributed by atoms with Crippen LogP contribution in [0.4, 0.5) is 41.4 Å². The van der Waals surface area contributed by atoms with Crippen LogP contribution in [0.1, 0.15) is 61.4 Å². The van der Waals surface area contributed by atoms with E-state index in [9.17, 15) is 45.6 Å². The predicted molar refractivity (Wildman–Crippen MR) is 164 cm³/mol. The molecule has 1 saturated heterocycles. The van der Waals surface area contributed by atoms with Gasteiger partial charge in [0.1, 0.15) is 22.5 Å². The molecule has 252 valence electrons. The Bertz CT molecular complexity index is 1670. The highest BCUT2D eigenvalue weighted by molar-refractivity contribution is 7.20. The molecular weight excluding hydrogens is 651 g/mol. The fraction of sp³-hybridized carbons (Fsp3) is 0.424. The van der Waals surface area contributed by atoms with Crippen molar-refractivity contribution in [3.63, 3.8) is 0 Å². The minimum Gasteiger partial charge on any atom is -0.466 e. The molecule has 6 nitrogen and oxygen atoms in total. The third-order valence-corrected chi connectivity index (χ3v) is 9.55. The number of ketones is 1. The van der Waals surface area contributed by atoms with Crippen molar-refractivity contribution in [2.45, 2.75) is 58.3 Å². The van der Waals surface area contributed by atoms with Crippen LogP contribution < -0.4 is 10.2 Å². The van der Waals surface area contributed by atoms with Gasteiger partial charge in [-0.1, -0.05) is 6.07 Å². The van der Waals surface area contributed by atoms with Gasteiger partial charge in [-0.15, -0.1) is 11.3 Å². The van der Waals surface area contributed by atoms with Crippen molar-refractivity contribution < 1.29 is 45.1 Å². The molecule has 3 aromatic rings. The number of rotatable bonds is 9. The molecule has 0 saturated carbocycles. The number of carbonyl (C=O) groups excluding carboxylic acids is 2. The summed E-state index contributed by atoms with van der Waals surface area (Å²) in [5, 5.41) is 13.8. The minimum absolute atomic E-state index is 0.00122. The molecule has 2 aromatic carbocycles. The van der Waals surface area contributed by atoms with E-state index in [-0.39, 0.29) is 35.8 Å². The summed E-state index contributed by atoms with van der Waals surface area (Å²) in [6.45, 7) is 6.39. The molecule has 1 N–H and O–H groups in total. The van der Waals surface area contributed by atoms with Gasteiger partial charge in [-0.2, -0.15) is 31.6 Å². The van der Waals surface area contributed by atoms with E-state index >= 15 is 0 Å². The van der Waals surface area contributed by atoms with Crippen LogP contribution in [0.15, 0.2) is 36.4 Å². The number of alkyl halides is 6. The minimum atomic E-state index is -5.09. The van der Waals surface area contributed by atoms with Crippen molar-refractivity contribution in [1.29, 1.82) is 5.26 Å². The van der Waals surface area contributed by atoms with Gasteiger partial charge in [0, 0.05) is 13.1 Å². The van der Waals surface area contributed by atoms with E-state index in [1.165, 1.54) is 43.4 Å². The van der Waals surface area contributed by atoms with Gasteiger partial charge < -0.3 is 15.0 Å². The van der Waals surface area contributed by atoms with Crippen molar-refractivity contribution in [2.24, 2.45) is 5.92 Å². The Morgan fingerprint density at radius 2 is 1.57 bits per heavy atom. The molecule has 0 radical (unpaired) electrons. The number of Topliss-reactive ketones (excluding diaryl/α,β-unsaturated/α-hetero) is 1. The zero-order valence-corrected chi connectivity index (χ0v) is 26.8. The molecule has 1 aliphatic heterocycles. The Morgan fingerprint density at radius 1 is 1.00 bits per heavy atom. The van der Waals surface area contributed by atoms with Crippen molar-refractivity contribution in [3.05, 3.63) is 70.0 Å². The van der Waals surface area contributed by atoms with E-state index in [0.717, 1.165) is 0 Å². The SMILES string of the molecule is CCOC(=O)C1CCN(c2sc(-c3ccc(F)cc3C)c(NCC(=O)C(C)(C)c3cc(C(F)(F)F)cc(C(F)(F)F)c3)c2C#N)CC1. The number of ether oxygens (including phenoxy) is 1. The Morgan fingerprint density at radius 3 is 2.09 bits per heavy atom. The second kappa shape index (κ2) is 13.5. The van der Waals surface area contributed by atoms with Crippen molar-refractivity contribution in [3.8, 4) is 16.5 Å². The molecule has 1 aliphatic rings. The second-order valence-corrected chi connectivity index (χ2v) is 12.8. The molecule has 4 rings (SSSR count). The molecule has 47 heavy (non-hydrogen) atoms. The number of benzene rings is 2. The van der Waals surface area contributed by atoms with E-state index < -0.39 is 52.6 Å². The second-order valence-electron chi connectivity index (χ2n) is 11.8. The highest BCUT2D eigenvalue weighted by atomic mass is 32.1. The molecule has 0 amide bonds. The van der Waals surface area contributed by atoms with Gasteiger partial charge in [0.05, 0.1) is 46.2 Å². The van der Waals surface area contributed by atoms with Crippen LogP contribution in [0.3, 0.4) is 0 Å². The Labute approximate surface area is 271 Å². The maximum atomic E-state index is 14.0. The van der Waals surface area contributed by atoms with Crippen LogP contribution in [0.2, 0.25) is 0 Å². The molecule has 2 heterocycles. The van der Waals surface area contributed by atoms with Gasteiger partial charge in [-0.3, -0.25) is 9.59 Å². The average Bonchev–Trinajstić information content (AvgIpc) is 3.36. The highest BCUT2D eigenvalue weighted by Crippen LogP contribution is 2.47. The number of hydrogen-bond donors (Lipinski definition) is 1. The molecule has 0 spiro atoms. The normalized spacial score (nSPS) is 14.6. The van der Waals surface area contributed by atoms with Crippen molar-refractivity contribution in [2.75, 3.05) is 36.5 Å². The van der Waals surface area contributed by atoms with Crippen LogP contribution >= 0.6 is 11.3 Å². The zero-order chi connectivity index (χ0) is 34.9. The van der Waals surface area contributed by atoms with E-state index in [1.807, 2.05) is 4.90 Å². The summed E-state index contributed by atoms with van der Waals surface area (Å²) in [7, 11) is 0. The van der Waals surface area contributed by atoms with Gasteiger partial charge >= 0.3 is 18.3 Å².